The number of hydrogen-bond donors (Lipinski definition) is 0. The number of aliphatic imine (C=N–C) groups is 1. The Morgan fingerprint density at radius 1 is 0.577 bits per heavy atom. The summed E-state index contributed by atoms with van der Waals surface area (Å²) in [6.07, 6.45) is 1.83. The lowest BCUT2D eigenvalue weighted by molar-refractivity contribution is 1.30. The van der Waals surface area contributed by atoms with E-state index in [0.717, 1.165) is 33.8 Å². The van der Waals surface area contributed by atoms with Crippen LogP contribution in [-0.4, -0.2) is 11.2 Å². The van der Waals surface area contributed by atoms with Gasteiger partial charge in [-0.05, 0) is 23.8 Å². The Labute approximate surface area is 153 Å². The van der Waals surface area contributed by atoms with Crippen LogP contribution in [0, 0.1) is 0 Å². The highest BCUT2D eigenvalue weighted by molar-refractivity contribution is 5.85. The lowest BCUT2D eigenvalue weighted by atomic mass is 10.0. The summed E-state index contributed by atoms with van der Waals surface area (Å²) in [7, 11) is 0. The molecule has 3 aromatic carbocycles. The van der Waals surface area contributed by atoms with Crippen LogP contribution in [0.25, 0.3) is 22.4 Å². The van der Waals surface area contributed by atoms with Crippen LogP contribution in [0.15, 0.2) is 108 Å². The Morgan fingerprint density at radius 2 is 1.23 bits per heavy atom. The van der Waals surface area contributed by atoms with Crippen LogP contribution in [0.4, 0.5) is 5.69 Å². The molecule has 0 bridgehead atoms. The van der Waals surface area contributed by atoms with Gasteiger partial charge in [-0.25, -0.2) is 4.98 Å². The molecule has 0 atom stereocenters. The maximum Gasteiger partial charge on any atom is 0.0820 e. The van der Waals surface area contributed by atoms with Gasteiger partial charge in [-0.3, -0.25) is 4.99 Å². The van der Waals surface area contributed by atoms with E-state index in [-0.39, 0.29) is 0 Å². The van der Waals surface area contributed by atoms with Crippen molar-refractivity contribution in [2.24, 2.45) is 4.99 Å². The minimum Gasteiger partial charge on any atom is -0.254 e. The molecule has 26 heavy (non-hydrogen) atoms. The fraction of sp³-hybridized carbons (Fsp3) is 0. The third-order valence-corrected chi connectivity index (χ3v) is 4.16. The smallest absolute Gasteiger partial charge is 0.0820 e. The molecule has 0 spiro atoms. The van der Waals surface area contributed by atoms with Crippen molar-refractivity contribution in [3.05, 3.63) is 109 Å². The van der Waals surface area contributed by atoms with Gasteiger partial charge in [-0.1, -0.05) is 84.9 Å². The van der Waals surface area contributed by atoms with Crippen LogP contribution in [0.2, 0.25) is 0 Å². The first kappa shape index (κ1) is 16.0. The molecule has 2 heteroatoms. The van der Waals surface area contributed by atoms with E-state index in [1.807, 2.05) is 79.0 Å². The van der Waals surface area contributed by atoms with Gasteiger partial charge in [0.15, 0.2) is 0 Å². The minimum absolute atomic E-state index is 0.842. The molecule has 124 valence electrons. The molecular weight excluding hydrogens is 316 g/mol. The van der Waals surface area contributed by atoms with Gasteiger partial charge in [0.05, 0.1) is 23.3 Å². The van der Waals surface area contributed by atoms with Crippen molar-refractivity contribution in [2.45, 2.75) is 0 Å². The third kappa shape index (κ3) is 3.60. The van der Waals surface area contributed by atoms with E-state index in [1.54, 1.807) is 0 Å². The average molecular weight is 334 g/mol. The zero-order valence-corrected chi connectivity index (χ0v) is 14.3. The molecule has 1 aromatic heterocycles. The van der Waals surface area contributed by atoms with Crippen molar-refractivity contribution >= 4 is 11.9 Å². The first-order valence-electron chi connectivity index (χ1n) is 8.61. The van der Waals surface area contributed by atoms with Gasteiger partial charge < -0.3 is 0 Å². The molecule has 0 saturated heterocycles. The van der Waals surface area contributed by atoms with E-state index < -0.39 is 0 Å². The van der Waals surface area contributed by atoms with Crippen molar-refractivity contribution in [3.8, 4) is 22.4 Å². The largest absolute Gasteiger partial charge is 0.254 e. The summed E-state index contributed by atoms with van der Waals surface area (Å²) in [6.45, 7) is 0. The van der Waals surface area contributed by atoms with Crippen molar-refractivity contribution in [1.82, 2.24) is 4.98 Å². The molecule has 0 unspecified atom stereocenters. The van der Waals surface area contributed by atoms with Crippen molar-refractivity contribution in [3.63, 3.8) is 0 Å². The molecule has 0 aliphatic heterocycles. The Hall–Kier alpha value is -3.52. The lowest BCUT2D eigenvalue weighted by Crippen LogP contribution is -1.90. The number of hydrogen-bond acceptors (Lipinski definition) is 2. The molecule has 0 radical (unpaired) electrons. The zero-order valence-electron chi connectivity index (χ0n) is 14.3. The van der Waals surface area contributed by atoms with Crippen LogP contribution in [0.5, 0.6) is 0 Å². The molecule has 4 rings (SSSR count). The predicted molar refractivity (Wildman–Crippen MR) is 109 cm³/mol. The van der Waals surface area contributed by atoms with Crippen LogP contribution in [-0.2, 0) is 0 Å². The molecular formula is C24H18N2. The van der Waals surface area contributed by atoms with Gasteiger partial charge in [0, 0.05) is 11.1 Å². The van der Waals surface area contributed by atoms with E-state index >= 15 is 0 Å². The Bertz CT molecular complexity index is 1020. The molecule has 0 fully saturated rings. The first-order chi connectivity index (χ1) is 12.9. The number of benzene rings is 3. The third-order valence-electron chi connectivity index (χ3n) is 4.16. The van der Waals surface area contributed by atoms with Crippen LogP contribution < -0.4 is 0 Å². The standard InChI is InChI=1S/C24H18N2/c1-3-10-19(11-4-1)22-15-7-8-16-24(22)25-18-21-14-9-17-23(26-21)20-12-5-2-6-13-20/h1-18H/b25-18+. The van der Waals surface area contributed by atoms with Gasteiger partial charge >= 0.3 is 0 Å². The molecule has 0 N–H and O–H groups in total. The van der Waals surface area contributed by atoms with Crippen molar-refractivity contribution in [1.29, 1.82) is 0 Å². The Morgan fingerprint density at radius 3 is 2.00 bits per heavy atom. The van der Waals surface area contributed by atoms with Crippen molar-refractivity contribution < 1.29 is 0 Å². The molecule has 0 aliphatic carbocycles. The molecule has 0 saturated carbocycles. The van der Waals surface area contributed by atoms with Gasteiger partial charge in [0.1, 0.15) is 0 Å². The van der Waals surface area contributed by atoms with E-state index in [0.29, 0.717) is 0 Å². The maximum absolute atomic E-state index is 4.71. The van der Waals surface area contributed by atoms with E-state index in [9.17, 15) is 0 Å². The summed E-state index contributed by atoms with van der Waals surface area (Å²) in [6, 6.07) is 34.7. The predicted octanol–water partition coefficient (Wildman–Crippen LogP) is 6.17. The average Bonchev–Trinajstić information content (AvgIpc) is 2.74. The second kappa shape index (κ2) is 7.58. The highest BCUT2D eigenvalue weighted by Gasteiger charge is 2.03. The Kier molecular flexibility index (Phi) is 4.66. The topological polar surface area (TPSA) is 25.2 Å². The summed E-state index contributed by atoms with van der Waals surface area (Å²) < 4.78 is 0. The van der Waals surface area contributed by atoms with E-state index in [4.69, 9.17) is 9.98 Å². The monoisotopic (exact) mass is 334 g/mol. The van der Waals surface area contributed by atoms with Gasteiger partial charge in [0.25, 0.3) is 0 Å². The molecule has 4 aromatic rings. The van der Waals surface area contributed by atoms with Gasteiger partial charge in [-0.15, -0.1) is 0 Å². The maximum atomic E-state index is 4.71. The highest BCUT2D eigenvalue weighted by Crippen LogP contribution is 2.29. The molecule has 2 nitrogen and oxygen atoms in total. The highest BCUT2D eigenvalue weighted by atomic mass is 14.8. The summed E-state index contributed by atoms with van der Waals surface area (Å²) in [5, 5.41) is 0. The van der Waals surface area contributed by atoms with E-state index in [2.05, 4.69) is 30.3 Å². The van der Waals surface area contributed by atoms with Gasteiger partial charge in [0.2, 0.25) is 0 Å². The van der Waals surface area contributed by atoms with E-state index in [1.165, 1.54) is 0 Å². The summed E-state index contributed by atoms with van der Waals surface area (Å²) in [5.74, 6) is 0. The zero-order chi connectivity index (χ0) is 17.6. The fourth-order valence-corrected chi connectivity index (χ4v) is 2.88. The second-order valence-electron chi connectivity index (χ2n) is 5.96. The summed E-state index contributed by atoms with van der Waals surface area (Å²) >= 11 is 0. The lowest BCUT2D eigenvalue weighted by Gasteiger charge is -2.05. The number of nitrogens with zero attached hydrogens (tertiary/aromatic N) is 2. The second-order valence-corrected chi connectivity index (χ2v) is 5.96. The number of rotatable bonds is 4. The Balaban J connectivity index is 1.66. The number of para-hydroxylation sites is 1. The normalized spacial score (nSPS) is 10.9. The number of pyridine rings is 1. The molecule has 0 amide bonds. The van der Waals surface area contributed by atoms with Crippen LogP contribution in [0.3, 0.4) is 0 Å². The SMILES string of the molecule is C(=N\c1ccccc1-c1ccccc1)/c1cccc(-c2ccccc2)n1. The minimum atomic E-state index is 0.842. The quantitative estimate of drug-likeness (QED) is 0.410. The fourth-order valence-electron chi connectivity index (χ4n) is 2.88. The van der Waals surface area contributed by atoms with Crippen molar-refractivity contribution in [2.75, 3.05) is 0 Å². The number of aromatic nitrogens is 1. The van der Waals surface area contributed by atoms with Crippen LogP contribution in [0.1, 0.15) is 5.69 Å². The summed E-state index contributed by atoms with van der Waals surface area (Å²) in [4.78, 5) is 9.41. The molecule has 0 aliphatic rings. The van der Waals surface area contributed by atoms with Gasteiger partial charge in [-0.2, -0.15) is 0 Å². The first-order valence-corrected chi connectivity index (χ1v) is 8.61. The molecule has 1 heterocycles. The summed E-state index contributed by atoms with van der Waals surface area (Å²) in [5.41, 5.74) is 6.10. The van der Waals surface area contributed by atoms with Crippen LogP contribution >= 0.6 is 0 Å².